The molecule has 2 unspecified atom stereocenters. The third-order valence-electron chi connectivity index (χ3n) is 8.37. The second-order valence-electron chi connectivity index (χ2n) is 11.8. The van der Waals surface area contributed by atoms with Crippen molar-refractivity contribution in [2.75, 3.05) is 13.2 Å². The molecule has 0 radical (unpaired) electrons. The molecule has 0 aromatic heterocycles. The number of hydrogen-bond acceptors (Lipinski definition) is 4. The topological polar surface area (TPSA) is 44.8 Å². The van der Waals surface area contributed by atoms with E-state index < -0.39 is 59.1 Å². The van der Waals surface area contributed by atoms with Crippen LogP contribution in [-0.4, -0.2) is 25.4 Å². The molecule has 46 heavy (non-hydrogen) atoms. The number of carbonyl (C=O) groups is 1. The normalized spacial score (nSPS) is 17.7. The fraction of sp³-hybridized carbons (Fsp3) is 0.472. The van der Waals surface area contributed by atoms with Crippen molar-refractivity contribution in [1.82, 2.24) is 0 Å². The third kappa shape index (κ3) is 8.76. The van der Waals surface area contributed by atoms with E-state index in [9.17, 15) is 31.1 Å². The summed E-state index contributed by atoms with van der Waals surface area (Å²) in [6.45, 7) is 3.14. The number of alkyl halides is 2. The number of benzene rings is 3. The number of ether oxygens (including phenoxy) is 3. The Morgan fingerprint density at radius 2 is 1.33 bits per heavy atom. The van der Waals surface area contributed by atoms with Crippen molar-refractivity contribution in [3.63, 3.8) is 0 Å². The van der Waals surface area contributed by atoms with Crippen LogP contribution in [0.25, 0.3) is 11.1 Å². The molecule has 3 aromatic carbocycles. The number of rotatable bonds is 15. The summed E-state index contributed by atoms with van der Waals surface area (Å²) in [6.07, 6.45) is 4.45. The van der Waals surface area contributed by atoms with Crippen LogP contribution >= 0.6 is 0 Å². The molecule has 0 spiro atoms. The molecule has 1 aliphatic rings. The molecule has 0 saturated heterocycles. The Morgan fingerprint density at radius 1 is 0.739 bits per heavy atom. The molecule has 2 atom stereocenters. The molecule has 250 valence electrons. The van der Waals surface area contributed by atoms with Crippen molar-refractivity contribution in [2.45, 2.75) is 84.0 Å². The molecule has 1 aliphatic carbocycles. The van der Waals surface area contributed by atoms with Gasteiger partial charge in [-0.3, -0.25) is 4.79 Å². The van der Waals surface area contributed by atoms with Gasteiger partial charge < -0.3 is 14.2 Å². The first-order valence-electron chi connectivity index (χ1n) is 16.0. The van der Waals surface area contributed by atoms with Gasteiger partial charge in [0, 0.05) is 11.1 Å². The molecule has 1 saturated carbocycles. The molecule has 0 heterocycles. The molecule has 4 rings (SSSR count). The minimum atomic E-state index is -2.26. The molecule has 0 aliphatic heterocycles. The van der Waals surface area contributed by atoms with E-state index in [0.29, 0.717) is 12.3 Å². The van der Waals surface area contributed by atoms with E-state index in [4.69, 9.17) is 14.2 Å². The predicted octanol–water partition coefficient (Wildman–Crippen LogP) is 10.4. The number of hydrogen-bond donors (Lipinski definition) is 0. The summed E-state index contributed by atoms with van der Waals surface area (Å²) in [5.41, 5.74) is -1.19. The minimum Gasteiger partial charge on any atom is -0.490 e. The van der Waals surface area contributed by atoms with Crippen LogP contribution in [0.1, 0.15) is 83.4 Å². The van der Waals surface area contributed by atoms with E-state index >= 15 is 0 Å². The van der Waals surface area contributed by atoms with Crippen LogP contribution in [0.5, 0.6) is 17.2 Å². The number of esters is 1. The van der Waals surface area contributed by atoms with E-state index in [1.54, 1.807) is 6.92 Å². The standard InChI is InChI=1S/C36H40F6O4/c1-3-5-6-7-22-8-10-24(11-9-22)36(43)46-25-14-12-23(13-15-25)31(38)28(37)21-45-30-19-17-27(33(40)35(30)42)26-16-18-29(44-20-4-2)34(41)32(26)39/h12-19,22,24,28,31H,3-11,20-21H2,1-2H3. The molecule has 0 N–H and O–H groups in total. The lowest BCUT2D eigenvalue weighted by Gasteiger charge is -2.27. The second kappa shape index (κ2) is 16.7. The molecular formula is C36H40F6O4. The minimum absolute atomic E-state index is 0.0608. The Balaban J connectivity index is 1.30. The molecule has 3 aromatic rings. The van der Waals surface area contributed by atoms with E-state index in [1.165, 1.54) is 49.9 Å². The maximum atomic E-state index is 14.9. The number of carbonyl (C=O) groups excluding carboxylic acids is 1. The quantitative estimate of drug-likeness (QED) is 0.0711. The molecule has 4 nitrogen and oxygen atoms in total. The van der Waals surface area contributed by atoms with Gasteiger partial charge in [0.15, 0.2) is 35.5 Å². The fourth-order valence-corrected chi connectivity index (χ4v) is 5.67. The van der Waals surface area contributed by atoms with Crippen LogP contribution in [0.2, 0.25) is 0 Å². The van der Waals surface area contributed by atoms with Gasteiger partial charge in [0.05, 0.1) is 12.5 Å². The van der Waals surface area contributed by atoms with E-state index in [2.05, 4.69) is 6.92 Å². The Kier molecular flexibility index (Phi) is 12.8. The Morgan fingerprint density at radius 3 is 1.89 bits per heavy atom. The summed E-state index contributed by atoms with van der Waals surface area (Å²) in [7, 11) is 0. The zero-order valence-electron chi connectivity index (χ0n) is 26.1. The van der Waals surface area contributed by atoms with Gasteiger partial charge in [0.1, 0.15) is 12.4 Å². The summed E-state index contributed by atoms with van der Waals surface area (Å²) in [5.74, 6) is -6.63. The smallest absolute Gasteiger partial charge is 0.314 e. The van der Waals surface area contributed by atoms with Crippen molar-refractivity contribution < 1.29 is 45.3 Å². The zero-order chi connectivity index (χ0) is 33.2. The zero-order valence-corrected chi connectivity index (χ0v) is 26.1. The van der Waals surface area contributed by atoms with Crippen molar-refractivity contribution in [2.24, 2.45) is 11.8 Å². The van der Waals surface area contributed by atoms with Gasteiger partial charge in [-0.25, -0.2) is 17.6 Å². The Hall–Kier alpha value is -3.69. The Bertz CT molecular complexity index is 1440. The van der Waals surface area contributed by atoms with Gasteiger partial charge in [-0.2, -0.15) is 8.78 Å². The molecule has 1 fully saturated rings. The van der Waals surface area contributed by atoms with E-state index in [0.717, 1.165) is 49.9 Å². The maximum Gasteiger partial charge on any atom is 0.314 e. The van der Waals surface area contributed by atoms with Gasteiger partial charge in [-0.05, 0) is 80.0 Å². The Labute approximate surface area is 266 Å². The lowest BCUT2D eigenvalue weighted by molar-refractivity contribution is -0.140. The highest BCUT2D eigenvalue weighted by Crippen LogP contribution is 2.36. The highest BCUT2D eigenvalue weighted by molar-refractivity contribution is 5.75. The van der Waals surface area contributed by atoms with Crippen molar-refractivity contribution in [3.05, 3.63) is 77.4 Å². The summed E-state index contributed by atoms with van der Waals surface area (Å²) >= 11 is 0. The fourth-order valence-electron chi connectivity index (χ4n) is 5.67. The molecule has 0 amide bonds. The van der Waals surface area contributed by atoms with E-state index in [1.807, 2.05) is 0 Å². The van der Waals surface area contributed by atoms with Crippen molar-refractivity contribution >= 4 is 5.97 Å². The van der Waals surface area contributed by atoms with Crippen LogP contribution in [-0.2, 0) is 4.79 Å². The third-order valence-corrected chi connectivity index (χ3v) is 8.37. The van der Waals surface area contributed by atoms with Gasteiger partial charge >= 0.3 is 5.97 Å². The average molecular weight is 651 g/mol. The number of halogens is 6. The predicted molar refractivity (Wildman–Crippen MR) is 163 cm³/mol. The van der Waals surface area contributed by atoms with Gasteiger partial charge in [0.2, 0.25) is 11.6 Å². The molecular weight excluding hydrogens is 610 g/mol. The van der Waals surface area contributed by atoms with E-state index in [-0.39, 0.29) is 35.6 Å². The first-order chi connectivity index (χ1) is 22.1. The van der Waals surface area contributed by atoms with Crippen molar-refractivity contribution in [3.8, 4) is 28.4 Å². The van der Waals surface area contributed by atoms with Gasteiger partial charge in [-0.15, -0.1) is 0 Å². The summed E-state index contributed by atoms with van der Waals surface area (Å²) in [6, 6.07) is 9.37. The largest absolute Gasteiger partial charge is 0.490 e. The molecule has 0 bridgehead atoms. The maximum absolute atomic E-state index is 14.9. The summed E-state index contributed by atoms with van der Waals surface area (Å²) in [4.78, 5) is 12.6. The average Bonchev–Trinajstić information content (AvgIpc) is 3.06. The lowest BCUT2D eigenvalue weighted by Crippen LogP contribution is -2.25. The van der Waals surface area contributed by atoms with Crippen LogP contribution in [0.3, 0.4) is 0 Å². The first kappa shape index (κ1) is 35.2. The highest BCUT2D eigenvalue weighted by atomic mass is 19.2. The van der Waals surface area contributed by atoms with Crippen LogP contribution < -0.4 is 14.2 Å². The number of unbranched alkanes of at least 4 members (excludes halogenated alkanes) is 2. The summed E-state index contributed by atoms with van der Waals surface area (Å²) in [5, 5.41) is 0. The first-order valence-corrected chi connectivity index (χ1v) is 16.0. The molecule has 10 heteroatoms. The lowest BCUT2D eigenvalue weighted by atomic mass is 9.80. The highest BCUT2D eigenvalue weighted by Gasteiger charge is 2.29. The van der Waals surface area contributed by atoms with Crippen molar-refractivity contribution in [1.29, 1.82) is 0 Å². The monoisotopic (exact) mass is 650 g/mol. The van der Waals surface area contributed by atoms with Crippen LogP contribution in [0.4, 0.5) is 26.3 Å². The van der Waals surface area contributed by atoms with Crippen LogP contribution in [0.15, 0.2) is 48.5 Å². The van der Waals surface area contributed by atoms with Gasteiger partial charge in [0.25, 0.3) is 0 Å². The van der Waals surface area contributed by atoms with Crippen LogP contribution in [0, 0.1) is 35.1 Å². The van der Waals surface area contributed by atoms with Gasteiger partial charge in [-0.1, -0.05) is 51.7 Å². The SMILES string of the molecule is CCCCCC1CCC(C(=O)Oc2ccc(C(F)C(F)COc3ccc(-c4ccc(OCCC)c(F)c4F)c(F)c3F)cc2)CC1. The second-order valence-corrected chi connectivity index (χ2v) is 11.8. The summed E-state index contributed by atoms with van der Waals surface area (Å²) < 4.78 is 104.